The van der Waals surface area contributed by atoms with E-state index in [4.69, 9.17) is 0 Å². The highest BCUT2D eigenvalue weighted by atomic mass is 19.4. The minimum absolute atomic E-state index is 0.0589. The Morgan fingerprint density at radius 1 is 1.43 bits per heavy atom. The Balaban J connectivity index is 2.43. The van der Waals surface area contributed by atoms with Crippen LogP contribution >= 0.6 is 0 Å². The lowest BCUT2D eigenvalue weighted by Crippen LogP contribution is -2.23. The predicted molar refractivity (Wildman–Crippen MR) is 44.5 cm³/mol. The Bertz CT molecular complexity index is 255. The fraction of sp³-hybridized carbons (Fsp3) is 0.750. The van der Waals surface area contributed by atoms with Crippen molar-refractivity contribution in [3.63, 3.8) is 0 Å². The Morgan fingerprint density at radius 2 is 2.14 bits per heavy atom. The third-order valence-corrected chi connectivity index (χ3v) is 2.13. The average Bonchev–Trinajstić information content (AvgIpc) is 2.55. The summed E-state index contributed by atoms with van der Waals surface area (Å²) in [4.78, 5) is 3.66. The molecule has 1 rings (SSSR count). The maximum atomic E-state index is 12.3. The van der Waals surface area contributed by atoms with E-state index >= 15 is 0 Å². The Kier molecular flexibility index (Phi) is 3.49. The molecule has 0 aliphatic heterocycles. The molecule has 0 bridgehead atoms. The first-order chi connectivity index (χ1) is 6.54. The minimum Gasteiger partial charge on any atom is -0.253 e. The lowest BCUT2D eigenvalue weighted by molar-refractivity contribution is -0.177. The van der Waals surface area contributed by atoms with Gasteiger partial charge in [0.1, 0.15) is 12.7 Å². The van der Waals surface area contributed by atoms with E-state index in [1.807, 2.05) is 0 Å². The molecule has 1 aromatic rings. The normalized spacial score (nSPS) is 14.3. The van der Waals surface area contributed by atoms with Crippen molar-refractivity contribution in [1.29, 1.82) is 0 Å². The van der Waals surface area contributed by atoms with Crippen LogP contribution in [0.25, 0.3) is 0 Å². The summed E-state index contributed by atoms with van der Waals surface area (Å²) in [6.07, 6.45) is -1.20. The number of aryl methyl sites for hydroxylation is 1. The number of hydrogen-bond donors (Lipinski definition) is 0. The van der Waals surface area contributed by atoms with Crippen molar-refractivity contribution in [3.05, 3.63) is 12.7 Å². The fourth-order valence-corrected chi connectivity index (χ4v) is 1.24. The molecular weight excluding hydrogens is 195 g/mol. The van der Waals surface area contributed by atoms with E-state index in [-0.39, 0.29) is 19.4 Å². The minimum atomic E-state index is -4.10. The van der Waals surface area contributed by atoms with Crippen molar-refractivity contribution in [2.75, 3.05) is 0 Å². The number of alkyl halides is 3. The lowest BCUT2D eigenvalue weighted by Gasteiger charge is -2.17. The van der Waals surface area contributed by atoms with E-state index in [1.54, 1.807) is 6.92 Å². The van der Waals surface area contributed by atoms with Gasteiger partial charge in [0.05, 0.1) is 5.92 Å². The molecule has 80 valence electrons. The topological polar surface area (TPSA) is 30.7 Å². The van der Waals surface area contributed by atoms with Crippen molar-refractivity contribution >= 4 is 0 Å². The molecule has 0 saturated carbocycles. The smallest absolute Gasteiger partial charge is 0.253 e. The zero-order valence-corrected chi connectivity index (χ0v) is 7.83. The molecule has 1 aromatic heterocycles. The van der Waals surface area contributed by atoms with Gasteiger partial charge in [0.15, 0.2) is 0 Å². The van der Waals surface area contributed by atoms with Crippen LogP contribution in [0.15, 0.2) is 12.7 Å². The SMILES string of the molecule is CCC(CCn1cncn1)C(F)(F)F. The maximum absolute atomic E-state index is 12.3. The molecule has 0 N–H and O–H groups in total. The van der Waals surface area contributed by atoms with Crippen LogP contribution in [-0.4, -0.2) is 20.9 Å². The van der Waals surface area contributed by atoms with Crippen LogP contribution in [0.1, 0.15) is 19.8 Å². The molecule has 1 heterocycles. The standard InChI is InChI=1S/C8H12F3N3/c1-2-7(8(9,10)11)3-4-14-6-12-5-13-14/h5-7H,2-4H2,1H3. The van der Waals surface area contributed by atoms with Crippen LogP contribution in [-0.2, 0) is 6.54 Å². The molecule has 14 heavy (non-hydrogen) atoms. The van der Waals surface area contributed by atoms with Gasteiger partial charge in [-0.2, -0.15) is 18.3 Å². The van der Waals surface area contributed by atoms with E-state index in [0.717, 1.165) is 0 Å². The number of nitrogens with zero attached hydrogens (tertiary/aromatic N) is 3. The summed E-state index contributed by atoms with van der Waals surface area (Å²) < 4.78 is 38.3. The summed E-state index contributed by atoms with van der Waals surface area (Å²) in [6.45, 7) is 1.80. The highest BCUT2D eigenvalue weighted by molar-refractivity contribution is 4.67. The molecule has 0 radical (unpaired) electrons. The van der Waals surface area contributed by atoms with Crippen molar-refractivity contribution in [3.8, 4) is 0 Å². The van der Waals surface area contributed by atoms with Gasteiger partial charge < -0.3 is 0 Å². The molecule has 0 saturated heterocycles. The Labute approximate surface area is 79.9 Å². The van der Waals surface area contributed by atoms with Gasteiger partial charge in [0, 0.05) is 6.54 Å². The third-order valence-electron chi connectivity index (χ3n) is 2.13. The second kappa shape index (κ2) is 4.43. The van der Waals surface area contributed by atoms with Crippen molar-refractivity contribution in [2.45, 2.75) is 32.5 Å². The number of halogens is 3. The van der Waals surface area contributed by atoms with Crippen LogP contribution in [0.3, 0.4) is 0 Å². The van der Waals surface area contributed by atoms with Gasteiger partial charge >= 0.3 is 6.18 Å². The molecule has 3 nitrogen and oxygen atoms in total. The molecule has 0 aliphatic carbocycles. The largest absolute Gasteiger partial charge is 0.391 e. The molecule has 1 unspecified atom stereocenters. The summed E-state index contributed by atoms with van der Waals surface area (Å²) in [5.74, 6) is -1.24. The zero-order valence-electron chi connectivity index (χ0n) is 7.83. The predicted octanol–water partition coefficient (Wildman–Crippen LogP) is 2.26. The van der Waals surface area contributed by atoms with E-state index in [9.17, 15) is 13.2 Å². The second-order valence-corrected chi connectivity index (χ2v) is 3.09. The first kappa shape index (κ1) is 11.0. The highest BCUT2D eigenvalue weighted by Crippen LogP contribution is 2.31. The van der Waals surface area contributed by atoms with Gasteiger partial charge in [-0.1, -0.05) is 6.92 Å². The van der Waals surface area contributed by atoms with Crippen molar-refractivity contribution in [2.24, 2.45) is 5.92 Å². The third kappa shape index (κ3) is 3.01. The van der Waals surface area contributed by atoms with Crippen LogP contribution in [0, 0.1) is 5.92 Å². The monoisotopic (exact) mass is 207 g/mol. The number of aromatic nitrogens is 3. The average molecular weight is 207 g/mol. The van der Waals surface area contributed by atoms with Crippen LogP contribution in [0.2, 0.25) is 0 Å². The molecule has 6 heteroatoms. The maximum Gasteiger partial charge on any atom is 0.391 e. The number of rotatable bonds is 4. The molecule has 0 aromatic carbocycles. The van der Waals surface area contributed by atoms with E-state index in [2.05, 4.69) is 10.1 Å². The molecule has 0 spiro atoms. The van der Waals surface area contributed by atoms with Crippen LogP contribution < -0.4 is 0 Å². The van der Waals surface area contributed by atoms with Gasteiger partial charge in [-0.3, -0.25) is 4.68 Å². The first-order valence-corrected chi connectivity index (χ1v) is 4.43. The summed E-state index contributed by atoms with van der Waals surface area (Å²) in [7, 11) is 0. The van der Waals surface area contributed by atoms with Gasteiger partial charge in [0.25, 0.3) is 0 Å². The van der Waals surface area contributed by atoms with E-state index < -0.39 is 12.1 Å². The summed E-state index contributed by atoms with van der Waals surface area (Å²) in [6, 6.07) is 0. The highest BCUT2D eigenvalue weighted by Gasteiger charge is 2.37. The van der Waals surface area contributed by atoms with Gasteiger partial charge in [0.2, 0.25) is 0 Å². The summed E-state index contributed by atoms with van der Waals surface area (Å²) >= 11 is 0. The van der Waals surface area contributed by atoms with E-state index in [0.29, 0.717) is 0 Å². The molecule has 0 aliphatic rings. The Morgan fingerprint density at radius 3 is 2.57 bits per heavy atom. The first-order valence-electron chi connectivity index (χ1n) is 4.43. The molecule has 0 amide bonds. The van der Waals surface area contributed by atoms with Gasteiger partial charge in [-0.05, 0) is 12.8 Å². The fourth-order valence-electron chi connectivity index (χ4n) is 1.24. The Hall–Kier alpha value is -1.07. The summed E-state index contributed by atoms with van der Waals surface area (Å²) in [5, 5.41) is 3.74. The second-order valence-electron chi connectivity index (χ2n) is 3.09. The van der Waals surface area contributed by atoms with Gasteiger partial charge in [-0.25, -0.2) is 4.98 Å². The zero-order chi connectivity index (χ0) is 10.6. The van der Waals surface area contributed by atoms with E-state index in [1.165, 1.54) is 17.3 Å². The van der Waals surface area contributed by atoms with Crippen LogP contribution in [0.5, 0.6) is 0 Å². The molecule has 1 atom stereocenters. The lowest BCUT2D eigenvalue weighted by atomic mass is 10.0. The summed E-state index contributed by atoms with van der Waals surface area (Å²) in [5.41, 5.74) is 0. The van der Waals surface area contributed by atoms with Gasteiger partial charge in [-0.15, -0.1) is 0 Å². The van der Waals surface area contributed by atoms with Crippen molar-refractivity contribution in [1.82, 2.24) is 14.8 Å². The van der Waals surface area contributed by atoms with Crippen LogP contribution in [0.4, 0.5) is 13.2 Å². The molecular formula is C8H12F3N3. The van der Waals surface area contributed by atoms with Crippen molar-refractivity contribution < 1.29 is 13.2 Å². The molecule has 0 fully saturated rings. The number of hydrogen-bond acceptors (Lipinski definition) is 2. The quantitative estimate of drug-likeness (QED) is 0.758.